The fourth-order valence-corrected chi connectivity index (χ4v) is 1.67. The van der Waals surface area contributed by atoms with E-state index in [0.717, 1.165) is 32.1 Å². The summed E-state index contributed by atoms with van der Waals surface area (Å²) in [5.41, 5.74) is 1.87. The predicted octanol–water partition coefficient (Wildman–Crippen LogP) is 1.48. The SMILES string of the molecule is CC(C)CNCCNCc1cncs1. The lowest BCUT2D eigenvalue weighted by Crippen LogP contribution is -2.29. The number of thiazole rings is 1. The van der Waals surface area contributed by atoms with Gasteiger partial charge in [-0.3, -0.25) is 4.98 Å². The molecule has 0 radical (unpaired) electrons. The maximum absolute atomic E-state index is 4.02. The highest BCUT2D eigenvalue weighted by Crippen LogP contribution is 2.03. The highest BCUT2D eigenvalue weighted by Gasteiger charge is 1.94. The molecule has 0 aromatic carbocycles. The van der Waals surface area contributed by atoms with Gasteiger partial charge in [0.15, 0.2) is 0 Å². The van der Waals surface area contributed by atoms with Gasteiger partial charge in [0.2, 0.25) is 0 Å². The molecule has 0 saturated carbocycles. The van der Waals surface area contributed by atoms with Crippen LogP contribution in [-0.4, -0.2) is 24.6 Å². The second-order valence-corrected chi connectivity index (χ2v) is 4.71. The maximum Gasteiger partial charge on any atom is 0.0794 e. The zero-order chi connectivity index (χ0) is 10.2. The molecule has 0 aliphatic heterocycles. The van der Waals surface area contributed by atoms with Crippen LogP contribution in [0.2, 0.25) is 0 Å². The van der Waals surface area contributed by atoms with Gasteiger partial charge in [-0.25, -0.2) is 0 Å². The smallest absolute Gasteiger partial charge is 0.0794 e. The van der Waals surface area contributed by atoms with E-state index in [4.69, 9.17) is 0 Å². The van der Waals surface area contributed by atoms with Crippen molar-refractivity contribution in [1.82, 2.24) is 15.6 Å². The van der Waals surface area contributed by atoms with E-state index in [1.54, 1.807) is 11.3 Å². The van der Waals surface area contributed by atoms with Crippen LogP contribution in [0.4, 0.5) is 0 Å². The third-order valence-corrected chi connectivity index (χ3v) is 2.59. The second kappa shape index (κ2) is 6.92. The van der Waals surface area contributed by atoms with Crippen LogP contribution in [0, 0.1) is 5.92 Å². The molecule has 2 N–H and O–H groups in total. The van der Waals surface area contributed by atoms with Crippen LogP contribution in [0.25, 0.3) is 0 Å². The number of nitrogens with zero attached hydrogens (tertiary/aromatic N) is 1. The third kappa shape index (κ3) is 5.32. The van der Waals surface area contributed by atoms with Crippen molar-refractivity contribution in [2.45, 2.75) is 20.4 Å². The molecule has 1 rings (SSSR count). The summed E-state index contributed by atoms with van der Waals surface area (Å²) in [6, 6.07) is 0. The van der Waals surface area contributed by atoms with Gasteiger partial charge in [0.05, 0.1) is 5.51 Å². The van der Waals surface area contributed by atoms with Crippen LogP contribution in [0.1, 0.15) is 18.7 Å². The standard InChI is InChI=1S/C10H19N3S/c1-9(2)5-11-3-4-12-6-10-7-13-8-14-10/h7-9,11-12H,3-6H2,1-2H3. The average molecular weight is 213 g/mol. The number of nitrogens with one attached hydrogen (secondary N) is 2. The molecule has 0 unspecified atom stereocenters. The molecule has 0 aliphatic carbocycles. The molecule has 0 amide bonds. The van der Waals surface area contributed by atoms with E-state index in [0.29, 0.717) is 0 Å². The summed E-state index contributed by atoms with van der Waals surface area (Å²) < 4.78 is 0. The second-order valence-electron chi connectivity index (χ2n) is 3.74. The summed E-state index contributed by atoms with van der Waals surface area (Å²) in [5.74, 6) is 0.733. The molecule has 0 fully saturated rings. The van der Waals surface area contributed by atoms with E-state index in [9.17, 15) is 0 Å². The van der Waals surface area contributed by atoms with Crippen molar-refractivity contribution in [3.63, 3.8) is 0 Å². The highest BCUT2D eigenvalue weighted by atomic mass is 32.1. The minimum atomic E-state index is 0.733. The van der Waals surface area contributed by atoms with Crippen LogP contribution in [-0.2, 0) is 6.54 Å². The largest absolute Gasteiger partial charge is 0.315 e. The molecule has 4 heteroatoms. The van der Waals surface area contributed by atoms with Crippen molar-refractivity contribution in [2.75, 3.05) is 19.6 Å². The fourth-order valence-electron chi connectivity index (χ4n) is 1.11. The monoisotopic (exact) mass is 213 g/mol. The summed E-state index contributed by atoms with van der Waals surface area (Å²) >= 11 is 1.70. The lowest BCUT2D eigenvalue weighted by Gasteiger charge is -2.07. The van der Waals surface area contributed by atoms with Crippen molar-refractivity contribution in [1.29, 1.82) is 0 Å². The van der Waals surface area contributed by atoms with Gasteiger partial charge in [-0.05, 0) is 12.5 Å². The van der Waals surface area contributed by atoms with Crippen molar-refractivity contribution in [3.05, 3.63) is 16.6 Å². The number of hydrogen-bond acceptors (Lipinski definition) is 4. The molecule has 1 aromatic rings. The lowest BCUT2D eigenvalue weighted by molar-refractivity contribution is 0.536. The minimum absolute atomic E-state index is 0.733. The van der Waals surface area contributed by atoms with Gasteiger partial charge >= 0.3 is 0 Å². The van der Waals surface area contributed by atoms with E-state index in [-0.39, 0.29) is 0 Å². The summed E-state index contributed by atoms with van der Waals surface area (Å²) in [6.45, 7) is 8.54. The minimum Gasteiger partial charge on any atom is -0.315 e. The van der Waals surface area contributed by atoms with Gasteiger partial charge < -0.3 is 10.6 Å². The third-order valence-electron chi connectivity index (χ3n) is 1.81. The Labute approximate surface area is 89.9 Å². The summed E-state index contributed by atoms with van der Waals surface area (Å²) in [4.78, 5) is 5.32. The van der Waals surface area contributed by atoms with Crippen molar-refractivity contribution in [3.8, 4) is 0 Å². The van der Waals surface area contributed by atoms with Crippen LogP contribution in [0.5, 0.6) is 0 Å². The van der Waals surface area contributed by atoms with Gasteiger partial charge in [0.25, 0.3) is 0 Å². The Kier molecular flexibility index (Phi) is 5.75. The van der Waals surface area contributed by atoms with Crippen molar-refractivity contribution < 1.29 is 0 Å². The zero-order valence-electron chi connectivity index (χ0n) is 8.92. The lowest BCUT2D eigenvalue weighted by atomic mass is 10.2. The van der Waals surface area contributed by atoms with Crippen LogP contribution in [0.3, 0.4) is 0 Å². The van der Waals surface area contributed by atoms with Gasteiger partial charge in [-0.1, -0.05) is 13.8 Å². The molecule has 0 aliphatic rings. The van der Waals surface area contributed by atoms with Crippen molar-refractivity contribution in [2.24, 2.45) is 5.92 Å². The Morgan fingerprint density at radius 2 is 2.14 bits per heavy atom. The molecule has 80 valence electrons. The van der Waals surface area contributed by atoms with Gasteiger partial charge in [0, 0.05) is 30.7 Å². The Morgan fingerprint density at radius 3 is 2.79 bits per heavy atom. The molecule has 0 spiro atoms. The quantitative estimate of drug-likeness (QED) is 0.674. The van der Waals surface area contributed by atoms with Crippen LogP contribution >= 0.6 is 11.3 Å². The molecule has 1 aromatic heterocycles. The molecular weight excluding hydrogens is 194 g/mol. The fraction of sp³-hybridized carbons (Fsp3) is 0.700. The summed E-state index contributed by atoms with van der Waals surface area (Å²) in [6.07, 6.45) is 1.92. The highest BCUT2D eigenvalue weighted by molar-refractivity contribution is 7.09. The topological polar surface area (TPSA) is 37.0 Å². The number of hydrogen-bond donors (Lipinski definition) is 2. The first-order chi connectivity index (χ1) is 6.79. The molecule has 1 heterocycles. The molecular formula is C10H19N3S. The van der Waals surface area contributed by atoms with Crippen molar-refractivity contribution >= 4 is 11.3 Å². The Hall–Kier alpha value is -0.450. The molecule has 3 nitrogen and oxygen atoms in total. The summed E-state index contributed by atoms with van der Waals surface area (Å²) in [5, 5.41) is 6.76. The van der Waals surface area contributed by atoms with Crippen LogP contribution < -0.4 is 10.6 Å². The first-order valence-corrected chi connectivity index (χ1v) is 5.96. The predicted molar refractivity (Wildman–Crippen MR) is 61.5 cm³/mol. The van der Waals surface area contributed by atoms with E-state index in [2.05, 4.69) is 29.5 Å². The Morgan fingerprint density at radius 1 is 1.36 bits per heavy atom. The van der Waals surface area contributed by atoms with Gasteiger partial charge in [-0.15, -0.1) is 11.3 Å². The molecule has 0 bridgehead atoms. The number of rotatable bonds is 7. The van der Waals surface area contributed by atoms with E-state index < -0.39 is 0 Å². The van der Waals surface area contributed by atoms with E-state index in [1.807, 2.05) is 11.7 Å². The molecule has 14 heavy (non-hydrogen) atoms. The first-order valence-electron chi connectivity index (χ1n) is 5.08. The van der Waals surface area contributed by atoms with E-state index in [1.165, 1.54) is 4.88 Å². The first kappa shape index (κ1) is 11.6. The Bertz CT molecular complexity index is 221. The van der Waals surface area contributed by atoms with E-state index >= 15 is 0 Å². The number of aromatic nitrogens is 1. The zero-order valence-corrected chi connectivity index (χ0v) is 9.73. The molecule has 0 saturated heterocycles. The normalized spacial score (nSPS) is 11.1. The summed E-state index contributed by atoms with van der Waals surface area (Å²) in [7, 11) is 0. The maximum atomic E-state index is 4.02. The van der Waals surface area contributed by atoms with Gasteiger partial charge in [0.1, 0.15) is 0 Å². The average Bonchev–Trinajstić information content (AvgIpc) is 2.63. The van der Waals surface area contributed by atoms with Crippen LogP contribution in [0.15, 0.2) is 11.7 Å². The molecule has 0 atom stereocenters. The van der Waals surface area contributed by atoms with Gasteiger partial charge in [-0.2, -0.15) is 0 Å². The Balaban J connectivity index is 1.90.